The van der Waals surface area contributed by atoms with Gasteiger partial charge < -0.3 is 4.74 Å². The van der Waals surface area contributed by atoms with Crippen molar-refractivity contribution in [2.75, 3.05) is 6.61 Å². The monoisotopic (exact) mass is 223 g/mol. The van der Waals surface area contributed by atoms with E-state index in [-0.39, 0.29) is 5.75 Å². The fourth-order valence-corrected chi connectivity index (χ4v) is 0.817. The number of halogens is 4. The van der Waals surface area contributed by atoms with Gasteiger partial charge in [0, 0.05) is 6.07 Å². The van der Waals surface area contributed by atoms with Crippen molar-refractivity contribution in [1.82, 2.24) is 0 Å². The number of alkyl halides is 3. The zero-order valence-electron chi connectivity index (χ0n) is 7.21. The van der Waals surface area contributed by atoms with Gasteiger partial charge in [-0.2, -0.15) is 13.2 Å². The Balaban J connectivity index is 2.75. The van der Waals surface area contributed by atoms with Gasteiger partial charge >= 0.3 is 6.18 Å². The third-order valence-electron chi connectivity index (χ3n) is 1.42. The van der Waals surface area contributed by atoms with Crippen molar-refractivity contribution < 1.29 is 22.3 Å². The van der Waals surface area contributed by atoms with Crippen molar-refractivity contribution >= 4 is 5.69 Å². The third kappa shape index (κ3) is 3.53. The summed E-state index contributed by atoms with van der Waals surface area (Å²) in [4.78, 5) is 10.0. The smallest absolute Gasteiger partial charge is 0.422 e. The summed E-state index contributed by atoms with van der Waals surface area (Å²) in [5.74, 6) is -1.17. The molecule has 0 unspecified atom stereocenters. The van der Waals surface area contributed by atoms with Crippen LogP contribution in [0.1, 0.15) is 0 Å². The van der Waals surface area contributed by atoms with E-state index >= 15 is 0 Å². The second-order valence-electron chi connectivity index (χ2n) is 2.61. The molecule has 0 radical (unpaired) electrons. The lowest BCUT2D eigenvalue weighted by Crippen LogP contribution is -2.19. The molecular weight excluding hydrogens is 218 g/mol. The van der Waals surface area contributed by atoms with Crippen molar-refractivity contribution in [2.24, 2.45) is 5.18 Å². The number of benzene rings is 1. The quantitative estimate of drug-likeness (QED) is 0.583. The SMILES string of the molecule is O=Nc1cc(OCC(F)(F)F)ccc1F. The molecule has 15 heavy (non-hydrogen) atoms. The highest BCUT2D eigenvalue weighted by atomic mass is 19.4. The molecule has 0 amide bonds. The maximum atomic E-state index is 12.7. The molecule has 3 nitrogen and oxygen atoms in total. The number of nitrogens with zero attached hydrogens (tertiary/aromatic N) is 1. The van der Waals surface area contributed by atoms with Crippen LogP contribution in [0.5, 0.6) is 5.75 Å². The highest BCUT2D eigenvalue weighted by Gasteiger charge is 2.28. The van der Waals surface area contributed by atoms with Gasteiger partial charge in [-0.1, -0.05) is 0 Å². The number of rotatable bonds is 3. The lowest BCUT2D eigenvalue weighted by Gasteiger charge is -2.08. The molecule has 0 aliphatic heterocycles. The Morgan fingerprint density at radius 2 is 2.00 bits per heavy atom. The molecule has 0 N–H and O–H groups in total. The van der Waals surface area contributed by atoms with E-state index in [1.165, 1.54) is 0 Å². The first kappa shape index (κ1) is 11.4. The fourth-order valence-electron chi connectivity index (χ4n) is 0.817. The molecular formula is C8H5F4NO2. The average Bonchev–Trinajstić information content (AvgIpc) is 2.15. The first-order chi connectivity index (χ1) is 6.92. The summed E-state index contributed by atoms with van der Waals surface area (Å²) in [5, 5.41) is 2.29. The molecule has 0 aliphatic carbocycles. The van der Waals surface area contributed by atoms with E-state index in [1.807, 2.05) is 0 Å². The van der Waals surface area contributed by atoms with Crippen LogP contribution >= 0.6 is 0 Å². The molecule has 7 heteroatoms. The molecule has 0 fully saturated rings. The molecule has 0 heterocycles. The molecule has 0 saturated heterocycles. The predicted molar refractivity (Wildman–Crippen MR) is 43.4 cm³/mol. The van der Waals surface area contributed by atoms with Crippen molar-refractivity contribution in [3.05, 3.63) is 28.9 Å². The topological polar surface area (TPSA) is 38.7 Å². The van der Waals surface area contributed by atoms with Crippen LogP contribution in [0, 0.1) is 10.7 Å². The molecule has 0 atom stereocenters. The molecule has 0 spiro atoms. The first-order valence-corrected chi connectivity index (χ1v) is 3.75. The molecule has 0 bridgehead atoms. The lowest BCUT2D eigenvalue weighted by atomic mass is 10.3. The van der Waals surface area contributed by atoms with E-state index in [4.69, 9.17) is 0 Å². The van der Waals surface area contributed by atoms with Crippen LogP contribution in [0.25, 0.3) is 0 Å². The van der Waals surface area contributed by atoms with Gasteiger partial charge in [0.1, 0.15) is 11.4 Å². The van der Waals surface area contributed by atoms with Crippen LogP contribution in [0.3, 0.4) is 0 Å². The lowest BCUT2D eigenvalue weighted by molar-refractivity contribution is -0.153. The molecule has 1 aromatic carbocycles. The Labute approximate surface area is 81.6 Å². The Kier molecular flexibility index (Phi) is 3.23. The van der Waals surface area contributed by atoms with E-state index in [9.17, 15) is 22.5 Å². The molecule has 0 saturated carbocycles. The minimum atomic E-state index is -4.48. The summed E-state index contributed by atoms with van der Waals surface area (Å²) in [6.07, 6.45) is -4.48. The van der Waals surface area contributed by atoms with Gasteiger partial charge in [0.15, 0.2) is 12.4 Å². The molecule has 0 aliphatic rings. The number of ether oxygens (including phenoxy) is 1. The van der Waals surface area contributed by atoms with Crippen LogP contribution in [-0.4, -0.2) is 12.8 Å². The first-order valence-electron chi connectivity index (χ1n) is 3.75. The second-order valence-corrected chi connectivity index (χ2v) is 2.61. The van der Waals surface area contributed by atoms with Gasteiger partial charge in [0.2, 0.25) is 0 Å². The summed E-state index contributed by atoms with van der Waals surface area (Å²) in [5.41, 5.74) is -0.588. The van der Waals surface area contributed by atoms with Gasteiger partial charge in [-0.3, -0.25) is 0 Å². The highest BCUT2D eigenvalue weighted by Crippen LogP contribution is 2.25. The largest absolute Gasteiger partial charge is 0.484 e. The minimum absolute atomic E-state index is 0.261. The number of hydrogen-bond donors (Lipinski definition) is 0. The summed E-state index contributed by atoms with van der Waals surface area (Å²) < 4.78 is 52.1. The molecule has 1 aromatic rings. The maximum Gasteiger partial charge on any atom is 0.422 e. The predicted octanol–water partition coefficient (Wildman–Crippen LogP) is 3.16. The third-order valence-corrected chi connectivity index (χ3v) is 1.42. The maximum absolute atomic E-state index is 12.7. The van der Waals surface area contributed by atoms with Crippen LogP contribution in [0.15, 0.2) is 23.4 Å². The fraction of sp³-hybridized carbons (Fsp3) is 0.250. The molecule has 1 rings (SSSR count). The van der Waals surface area contributed by atoms with Crippen LogP contribution in [0.2, 0.25) is 0 Å². The standard InChI is InChI=1S/C8H5F4NO2/c9-6-2-1-5(3-7(6)13-14)15-4-8(10,11)12/h1-3H,4H2. The Morgan fingerprint density at radius 1 is 1.33 bits per heavy atom. The van der Waals surface area contributed by atoms with Gasteiger partial charge in [0.25, 0.3) is 0 Å². The van der Waals surface area contributed by atoms with E-state index < -0.39 is 24.3 Å². The molecule has 82 valence electrons. The van der Waals surface area contributed by atoms with Gasteiger partial charge in [-0.25, -0.2) is 4.39 Å². The number of hydrogen-bond acceptors (Lipinski definition) is 3. The number of nitroso groups, excluding NO2 is 1. The van der Waals surface area contributed by atoms with Crippen molar-refractivity contribution in [2.45, 2.75) is 6.18 Å². The Hall–Kier alpha value is -1.66. The van der Waals surface area contributed by atoms with Crippen molar-refractivity contribution in [3.63, 3.8) is 0 Å². The minimum Gasteiger partial charge on any atom is -0.484 e. The Morgan fingerprint density at radius 3 is 2.53 bits per heavy atom. The van der Waals surface area contributed by atoms with E-state index in [1.54, 1.807) is 0 Å². The average molecular weight is 223 g/mol. The van der Waals surface area contributed by atoms with Crippen LogP contribution in [-0.2, 0) is 0 Å². The van der Waals surface area contributed by atoms with Crippen LogP contribution in [0.4, 0.5) is 23.2 Å². The van der Waals surface area contributed by atoms with Gasteiger partial charge in [-0.15, -0.1) is 4.91 Å². The Bertz CT molecular complexity index is 364. The second kappa shape index (κ2) is 4.24. The normalized spacial score (nSPS) is 11.2. The van der Waals surface area contributed by atoms with Crippen molar-refractivity contribution in [1.29, 1.82) is 0 Å². The summed E-state index contributed by atoms with van der Waals surface area (Å²) in [7, 11) is 0. The zero-order chi connectivity index (χ0) is 11.5. The summed E-state index contributed by atoms with van der Waals surface area (Å²) in [6, 6.07) is 2.59. The summed E-state index contributed by atoms with van der Waals surface area (Å²) in [6.45, 7) is -1.50. The van der Waals surface area contributed by atoms with E-state index in [2.05, 4.69) is 9.91 Å². The van der Waals surface area contributed by atoms with Crippen molar-refractivity contribution in [3.8, 4) is 5.75 Å². The molecule has 0 aromatic heterocycles. The van der Waals surface area contributed by atoms with Gasteiger partial charge in [0.05, 0.1) is 0 Å². The summed E-state index contributed by atoms with van der Waals surface area (Å²) >= 11 is 0. The zero-order valence-corrected chi connectivity index (χ0v) is 7.21. The highest BCUT2D eigenvalue weighted by molar-refractivity contribution is 5.44. The van der Waals surface area contributed by atoms with E-state index in [0.29, 0.717) is 0 Å². The van der Waals surface area contributed by atoms with Crippen LogP contribution < -0.4 is 4.74 Å². The van der Waals surface area contributed by atoms with E-state index in [0.717, 1.165) is 18.2 Å². The van der Waals surface area contributed by atoms with Gasteiger partial charge in [-0.05, 0) is 17.3 Å².